The van der Waals surface area contributed by atoms with Gasteiger partial charge in [-0.2, -0.15) is 4.31 Å². The zero-order valence-corrected chi connectivity index (χ0v) is 12.8. The van der Waals surface area contributed by atoms with Gasteiger partial charge in [0.1, 0.15) is 6.54 Å². The van der Waals surface area contributed by atoms with Gasteiger partial charge in [-0.15, -0.1) is 6.58 Å². The third-order valence-corrected chi connectivity index (χ3v) is 4.48. The van der Waals surface area contributed by atoms with Crippen LogP contribution in [0.1, 0.15) is 6.92 Å². The lowest BCUT2D eigenvalue weighted by atomic mass is 10.3. The second-order valence-electron chi connectivity index (χ2n) is 4.12. The van der Waals surface area contributed by atoms with Crippen molar-refractivity contribution in [1.82, 2.24) is 4.31 Å². The molecule has 0 aromatic heterocycles. The maximum atomic E-state index is 12.6. The number of ether oxygens (including phenoxy) is 1. The maximum absolute atomic E-state index is 12.6. The molecule has 0 N–H and O–H groups in total. The number of carbonyl (C=O) groups excluding carboxylic acids is 1. The van der Waals surface area contributed by atoms with Crippen LogP contribution in [0.4, 0.5) is 5.69 Å². The fourth-order valence-electron chi connectivity index (χ4n) is 1.71. The average Bonchev–Trinajstić information content (AvgIpc) is 2.47. The van der Waals surface area contributed by atoms with Gasteiger partial charge in [0.25, 0.3) is 15.7 Å². The van der Waals surface area contributed by atoms with Gasteiger partial charge < -0.3 is 4.74 Å². The van der Waals surface area contributed by atoms with Gasteiger partial charge in [-0.1, -0.05) is 18.2 Å². The third kappa shape index (κ3) is 4.12. The quantitative estimate of drug-likeness (QED) is 0.308. The molecule has 0 aliphatic rings. The molecule has 1 aromatic rings. The molecule has 120 valence electrons. The van der Waals surface area contributed by atoms with Crippen LogP contribution in [0.15, 0.2) is 41.8 Å². The SMILES string of the molecule is C=CCN(CC(=O)OCC)S(=O)(=O)c1ccccc1[N+](=O)[O-]. The second-order valence-corrected chi connectivity index (χ2v) is 6.02. The van der Waals surface area contributed by atoms with Crippen LogP contribution < -0.4 is 0 Å². The van der Waals surface area contributed by atoms with Gasteiger partial charge in [0.05, 0.1) is 11.5 Å². The Labute approximate surface area is 128 Å². The van der Waals surface area contributed by atoms with Gasteiger partial charge in [0.15, 0.2) is 4.90 Å². The summed E-state index contributed by atoms with van der Waals surface area (Å²) in [5, 5.41) is 11.0. The van der Waals surface area contributed by atoms with Crippen LogP contribution in [0.25, 0.3) is 0 Å². The Hall–Kier alpha value is -2.26. The lowest BCUT2D eigenvalue weighted by Gasteiger charge is -2.19. The standard InChI is InChI=1S/C13H16N2O6S/c1-3-9-14(10-13(16)21-4-2)22(19,20)12-8-6-5-7-11(12)15(17)18/h3,5-8H,1,4,9-10H2,2H3. The zero-order chi connectivity index (χ0) is 16.8. The first-order valence-electron chi connectivity index (χ1n) is 6.34. The highest BCUT2D eigenvalue weighted by Gasteiger charge is 2.32. The van der Waals surface area contributed by atoms with E-state index in [-0.39, 0.29) is 13.2 Å². The van der Waals surface area contributed by atoms with Crippen LogP contribution in [0.3, 0.4) is 0 Å². The van der Waals surface area contributed by atoms with Crippen molar-refractivity contribution in [1.29, 1.82) is 0 Å². The zero-order valence-electron chi connectivity index (χ0n) is 12.0. The van der Waals surface area contributed by atoms with Crippen molar-refractivity contribution >= 4 is 21.7 Å². The Morgan fingerprint density at radius 1 is 1.45 bits per heavy atom. The topological polar surface area (TPSA) is 107 Å². The van der Waals surface area contributed by atoms with Gasteiger partial charge >= 0.3 is 5.97 Å². The molecule has 0 fully saturated rings. The van der Waals surface area contributed by atoms with Crippen molar-refractivity contribution in [3.05, 3.63) is 47.0 Å². The molecule has 1 rings (SSSR count). The summed E-state index contributed by atoms with van der Waals surface area (Å²) >= 11 is 0. The fraction of sp³-hybridized carbons (Fsp3) is 0.308. The predicted molar refractivity (Wildman–Crippen MR) is 78.7 cm³/mol. The van der Waals surface area contributed by atoms with Crippen LogP contribution in [-0.2, 0) is 19.6 Å². The van der Waals surface area contributed by atoms with Crippen molar-refractivity contribution in [3.63, 3.8) is 0 Å². The summed E-state index contributed by atoms with van der Waals surface area (Å²) in [6, 6.07) is 4.94. The van der Waals surface area contributed by atoms with E-state index in [1.165, 1.54) is 18.2 Å². The van der Waals surface area contributed by atoms with E-state index in [0.29, 0.717) is 0 Å². The highest BCUT2D eigenvalue weighted by atomic mass is 32.2. The van der Waals surface area contributed by atoms with Crippen LogP contribution in [0.5, 0.6) is 0 Å². The largest absolute Gasteiger partial charge is 0.465 e. The van der Waals surface area contributed by atoms with Crippen LogP contribution in [0, 0.1) is 10.1 Å². The van der Waals surface area contributed by atoms with Gasteiger partial charge in [0.2, 0.25) is 0 Å². The van der Waals surface area contributed by atoms with Crippen molar-refractivity contribution in [3.8, 4) is 0 Å². The number of sulfonamides is 1. The first-order chi connectivity index (χ1) is 10.3. The number of nitro groups is 1. The van der Waals surface area contributed by atoms with E-state index in [9.17, 15) is 23.3 Å². The highest BCUT2D eigenvalue weighted by molar-refractivity contribution is 7.89. The fourth-order valence-corrected chi connectivity index (χ4v) is 3.22. The molecule has 0 aliphatic heterocycles. The van der Waals surface area contributed by atoms with Gasteiger partial charge in [-0.25, -0.2) is 8.42 Å². The highest BCUT2D eigenvalue weighted by Crippen LogP contribution is 2.26. The Morgan fingerprint density at radius 2 is 2.09 bits per heavy atom. The first kappa shape index (κ1) is 17.8. The Bertz CT molecular complexity index is 671. The number of hydrogen-bond donors (Lipinski definition) is 0. The minimum atomic E-state index is -4.23. The predicted octanol–water partition coefficient (Wildman–Crippen LogP) is 1.33. The number of hydrogen-bond acceptors (Lipinski definition) is 6. The van der Waals surface area contributed by atoms with E-state index < -0.39 is 38.0 Å². The van der Waals surface area contributed by atoms with E-state index in [0.717, 1.165) is 16.4 Å². The molecule has 0 radical (unpaired) electrons. The van der Waals surface area contributed by atoms with E-state index in [1.807, 2.05) is 0 Å². The number of para-hydroxylation sites is 1. The number of esters is 1. The number of benzene rings is 1. The summed E-state index contributed by atoms with van der Waals surface area (Å²) in [5.74, 6) is -0.744. The van der Waals surface area contributed by atoms with Crippen molar-refractivity contribution in [2.24, 2.45) is 0 Å². The Kier molecular flexibility index (Phi) is 6.20. The summed E-state index contributed by atoms with van der Waals surface area (Å²) < 4.78 is 30.6. The number of rotatable bonds is 8. The van der Waals surface area contributed by atoms with E-state index in [4.69, 9.17) is 4.74 Å². The molecule has 0 saturated heterocycles. The molecule has 0 heterocycles. The minimum Gasteiger partial charge on any atom is -0.465 e. The molecule has 0 bridgehead atoms. The first-order valence-corrected chi connectivity index (χ1v) is 7.78. The van der Waals surface area contributed by atoms with Crippen molar-refractivity contribution in [2.45, 2.75) is 11.8 Å². The van der Waals surface area contributed by atoms with Crippen LogP contribution in [0.2, 0.25) is 0 Å². The summed E-state index contributed by atoms with van der Waals surface area (Å²) in [6.07, 6.45) is 1.28. The molecule has 22 heavy (non-hydrogen) atoms. The van der Waals surface area contributed by atoms with Crippen LogP contribution in [-0.4, -0.2) is 43.3 Å². The molecule has 1 aromatic carbocycles. The second kappa shape index (κ2) is 7.66. The molecule has 0 amide bonds. The summed E-state index contributed by atoms with van der Waals surface area (Å²) in [7, 11) is -4.23. The Balaban J connectivity index is 3.25. The van der Waals surface area contributed by atoms with Crippen molar-refractivity contribution < 1.29 is 22.9 Å². The summed E-state index contributed by atoms with van der Waals surface area (Å²) in [4.78, 5) is 21.2. The molecular formula is C13H16N2O6S. The normalized spacial score (nSPS) is 11.2. The number of nitrogens with zero attached hydrogens (tertiary/aromatic N) is 2. The van der Waals surface area contributed by atoms with E-state index >= 15 is 0 Å². The van der Waals surface area contributed by atoms with Gasteiger partial charge in [-0.05, 0) is 13.0 Å². The third-order valence-electron chi connectivity index (χ3n) is 2.62. The van der Waals surface area contributed by atoms with Gasteiger partial charge in [-0.3, -0.25) is 14.9 Å². The van der Waals surface area contributed by atoms with Crippen molar-refractivity contribution in [2.75, 3.05) is 19.7 Å². The molecule has 8 nitrogen and oxygen atoms in total. The molecule has 9 heteroatoms. The number of nitro benzene ring substituents is 1. The lowest BCUT2D eigenvalue weighted by Crippen LogP contribution is -2.36. The van der Waals surface area contributed by atoms with E-state index in [2.05, 4.69) is 6.58 Å². The summed E-state index contributed by atoms with van der Waals surface area (Å²) in [5.41, 5.74) is -0.555. The summed E-state index contributed by atoms with van der Waals surface area (Å²) in [6.45, 7) is 4.40. The van der Waals surface area contributed by atoms with Gasteiger partial charge in [0, 0.05) is 12.6 Å². The molecular weight excluding hydrogens is 312 g/mol. The van der Waals surface area contributed by atoms with E-state index in [1.54, 1.807) is 6.92 Å². The molecule has 0 saturated carbocycles. The molecule has 0 unspecified atom stereocenters. The average molecular weight is 328 g/mol. The minimum absolute atomic E-state index is 0.103. The smallest absolute Gasteiger partial charge is 0.321 e. The Morgan fingerprint density at radius 3 is 2.64 bits per heavy atom. The monoisotopic (exact) mass is 328 g/mol. The molecule has 0 spiro atoms. The maximum Gasteiger partial charge on any atom is 0.321 e. The molecule has 0 atom stereocenters. The van der Waals surface area contributed by atoms with Crippen LogP contribution >= 0.6 is 0 Å². The number of carbonyl (C=O) groups is 1. The lowest BCUT2D eigenvalue weighted by molar-refractivity contribution is -0.387. The molecule has 0 aliphatic carbocycles.